The van der Waals surface area contributed by atoms with Crippen LogP contribution in [0.3, 0.4) is 0 Å². The fraction of sp³-hybridized carbons (Fsp3) is 0.652. The minimum absolute atomic E-state index is 0.188. The van der Waals surface area contributed by atoms with Gasteiger partial charge in [0.2, 0.25) is 17.8 Å². The van der Waals surface area contributed by atoms with E-state index >= 15 is 4.39 Å². The van der Waals surface area contributed by atoms with Gasteiger partial charge in [0.05, 0.1) is 24.0 Å². The number of alkyl halides is 5. The molecule has 34 heavy (non-hydrogen) atoms. The molecule has 2 unspecified atom stereocenters. The lowest BCUT2D eigenvalue weighted by atomic mass is 9.82. The minimum atomic E-state index is -3.29. The van der Waals surface area contributed by atoms with Gasteiger partial charge in [0.25, 0.3) is 0 Å². The first-order chi connectivity index (χ1) is 15.6. The van der Waals surface area contributed by atoms with E-state index in [4.69, 9.17) is 5.73 Å². The summed E-state index contributed by atoms with van der Waals surface area (Å²) in [6.45, 7) is 2.61. The lowest BCUT2D eigenvalue weighted by Crippen LogP contribution is -2.39. The van der Waals surface area contributed by atoms with Gasteiger partial charge in [0.15, 0.2) is 5.82 Å². The normalized spacial score (nSPS) is 19.2. The topological polar surface area (TPSA) is 83.8 Å². The van der Waals surface area contributed by atoms with Crippen LogP contribution in [0, 0.1) is 11.7 Å². The first kappa shape index (κ1) is 26.3. The number of H-pyrrole nitrogens is 1. The highest BCUT2D eigenvalue weighted by Gasteiger charge is 2.38. The highest BCUT2D eigenvalue weighted by Crippen LogP contribution is 2.41. The Labute approximate surface area is 193 Å². The molecule has 2 aromatic rings. The van der Waals surface area contributed by atoms with E-state index in [0.29, 0.717) is 6.92 Å². The van der Waals surface area contributed by atoms with Gasteiger partial charge in [-0.15, -0.1) is 0 Å². The molecule has 3 rings (SSSR count). The second-order valence-corrected chi connectivity index (χ2v) is 9.97. The SMILES string of the molecule is CC(C)(F)CNC(=O)C(CC(C)(F)F)c1ccc2[nH]c(C(N)C3CCC(F)(F)CC3)nc2c1F. The van der Waals surface area contributed by atoms with Crippen LogP contribution in [-0.2, 0) is 4.79 Å². The van der Waals surface area contributed by atoms with Crippen molar-refractivity contribution in [2.75, 3.05) is 6.54 Å². The molecule has 0 bridgehead atoms. The summed E-state index contributed by atoms with van der Waals surface area (Å²) in [5.74, 6) is -9.57. The molecule has 1 aromatic heterocycles. The monoisotopic (exact) mass is 492 g/mol. The number of aromatic amines is 1. The number of nitrogens with one attached hydrogen (secondary N) is 2. The third kappa shape index (κ3) is 6.43. The van der Waals surface area contributed by atoms with Gasteiger partial charge < -0.3 is 16.0 Å². The molecule has 11 heteroatoms. The Morgan fingerprint density at radius 3 is 2.41 bits per heavy atom. The van der Waals surface area contributed by atoms with E-state index in [1.54, 1.807) is 0 Å². The maximum Gasteiger partial charge on any atom is 0.248 e. The molecule has 4 N–H and O–H groups in total. The van der Waals surface area contributed by atoms with Gasteiger partial charge in [0, 0.05) is 24.8 Å². The Kier molecular flexibility index (Phi) is 7.27. The number of carbonyl (C=O) groups excluding carboxylic acids is 1. The van der Waals surface area contributed by atoms with Gasteiger partial charge in [-0.1, -0.05) is 6.07 Å². The molecule has 1 saturated carbocycles. The van der Waals surface area contributed by atoms with Crippen molar-refractivity contribution in [2.45, 2.75) is 82.3 Å². The lowest BCUT2D eigenvalue weighted by Gasteiger charge is -2.31. The number of aromatic nitrogens is 2. The Morgan fingerprint density at radius 2 is 1.85 bits per heavy atom. The molecule has 0 saturated heterocycles. The average Bonchev–Trinajstić information content (AvgIpc) is 3.14. The molecular formula is C23H30F6N4O. The summed E-state index contributed by atoms with van der Waals surface area (Å²) in [5.41, 5.74) is 4.19. The second-order valence-electron chi connectivity index (χ2n) is 9.97. The number of benzene rings is 1. The second kappa shape index (κ2) is 9.39. The predicted molar refractivity (Wildman–Crippen MR) is 116 cm³/mol. The van der Waals surface area contributed by atoms with Gasteiger partial charge in [-0.3, -0.25) is 4.79 Å². The molecule has 190 valence electrons. The van der Waals surface area contributed by atoms with Crippen LogP contribution in [0.4, 0.5) is 26.3 Å². The standard InChI is InChI=1S/C23H30F6N4O/c1-21(2,25)11-31-20(34)14(10-22(3,26)27)13-4-5-15-18(16(13)24)33-19(32-15)17(30)12-6-8-23(28,29)9-7-12/h4-5,12,14,17H,6-11,30H2,1-3H3,(H,31,34)(H,32,33). The number of nitrogens with two attached hydrogens (primary N) is 1. The number of halogens is 6. The Morgan fingerprint density at radius 1 is 1.24 bits per heavy atom. The Balaban J connectivity index is 1.90. The third-order valence-corrected chi connectivity index (χ3v) is 6.16. The van der Waals surface area contributed by atoms with E-state index in [9.17, 15) is 26.7 Å². The highest BCUT2D eigenvalue weighted by atomic mass is 19.3. The summed E-state index contributed by atoms with van der Waals surface area (Å²) in [5, 5.41) is 2.27. The highest BCUT2D eigenvalue weighted by molar-refractivity contribution is 5.86. The third-order valence-electron chi connectivity index (χ3n) is 6.16. The van der Waals surface area contributed by atoms with Gasteiger partial charge in [-0.05, 0) is 45.6 Å². The van der Waals surface area contributed by atoms with Crippen LogP contribution in [0.5, 0.6) is 0 Å². The minimum Gasteiger partial charge on any atom is -0.352 e. The molecule has 0 radical (unpaired) electrons. The summed E-state index contributed by atoms with van der Waals surface area (Å²) in [6, 6.07) is 1.87. The van der Waals surface area contributed by atoms with Crippen LogP contribution in [0.2, 0.25) is 0 Å². The van der Waals surface area contributed by atoms with Crippen molar-refractivity contribution in [1.29, 1.82) is 0 Å². The maximum atomic E-state index is 15.4. The van der Waals surface area contributed by atoms with Gasteiger partial charge in [-0.25, -0.2) is 31.3 Å². The molecule has 1 aliphatic rings. The smallest absolute Gasteiger partial charge is 0.248 e. The molecule has 1 aromatic carbocycles. The average molecular weight is 493 g/mol. The summed E-state index contributed by atoms with van der Waals surface area (Å²) in [6.07, 6.45) is -1.18. The number of nitrogens with zero attached hydrogens (tertiary/aromatic N) is 1. The molecule has 0 spiro atoms. The van der Waals surface area contributed by atoms with Crippen LogP contribution in [0.1, 0.15) is 76.2 Å². The fourth-order valence-electron chi connectivity index (χ4n) is 4.27. The summed E-state index contributed by atoms with van der Waals surface area (Å²) in [7, 11) is 0. The zero-order chi connectivity index (χ0) is 25.5. The number of fused-ring (bicyclic) bond motifs is 1. The van der Waals surface area contributed by atoms with E-state index in [0.717, 1.165) is 0 Å². The molecule has 1 fully saturated rings. The predicted octanol–water partition coefficient (Wildman–Crippen LogP) is 5.52. The number of amides is 1. The van der Waals surface area contributed by atoms with Crippen molar-refractivity contribution in [1.82, 2.24) is 15.3 Å². The van der Waals surface area contributed by atoms with E-state index in [1.165, 1.54) is 26.0 Å². The molecule has 1 heterocycles. The number of imidazole rings is 1. The van der Waals surface area contributed by atoms with Crippen LogP contribution in [0.25, 0.3) is 11.0 Å². The Hall–Kier alpha value is -2.30. The van der Waals surface area contributed by atoms with E-state index in [2.05, 4.69) is 15.3 Å². The lowest BCUT2D eigenvalue weighted by molar-refractivity contribution is -0.125. The van der Waals surface area contributed by atoms with Crippen molar-refractivity contribution < 1.29 is 31.1 Å². The van der Waals surface area contributed by atoms with Crippen molar-refractivity contribution in [3.05, 3.63) is 29.3 Å². The summed E-state index contributed by atoms with van der Waals surface area (Å²) < 4.78 is 83.9. The first-order valence-electron chi connectivity index (χ1n) is 11.2. The molecular weight excluding hydrogens is 462 g/mol. The van der Waals surface area contributed by atoms with Gasteiger partial charge >= 0.3 is 0 Å². The van der Waals surface area contributed by atoms with Gasteiger partial charge in [0.1, 0.15) is 17.0 Å². The zero-order valence-electron chi connectivity index (χ0n) is 19.3. The molecule has 0 aliphatic heterocycles. The Bertz CT molecular complexity index is 1020. The summed E-state index contributed by atoms with van der Waals surface area (Å²) >= 11 is 0. The molecule has 5 nitrogen and oxygen atoms in total. The number of hydrogen-bond acceptors (Lipinski definition) is 3. The van der Waals surface area contributed by atoms with Gasteiger partial charge in [-0.2, -0.15) is 0 Å². The number of carbonyl (C=O) groups is 1. The largest absolute Gasteiger partial charge is 0.352 e. The van der Waals surface area contributed by atoms with Crippen LogP contribution in [0.15, 0.2) is 12.1 Å². The van der Waals surface area contributed by atoms with Crippen LogP contribution >= 0.6 is 0 Å². The maximum absolute atomic E-state index is 15.4. The van der Waals surface area contributed by atoms with Crippen molar-refractivity contribution in [3.63, 3.8) is 0 Å². The van der Waals surface area contributed by atoms with E-state index in [1.807, 2.05) is 0 Å². The molecule has 1 aliphatic carbocycles. The number of rotatable bonds is 8. The first-order valence-corrected chi connectivity index (χ1v) is 11.2. The van der Waals surface area contributed by atoms with Crippen molar-refractivity contribution >= 4 is 16.9 Å². The van der Waals surface area contributed by atoms with E-state index in [-0.39, 0.29) is 54.0 Å². The fourth-order valence-corrected chi connectivity index (χ4v) is 4.27. The zero-order valence-corrected chi connectivity index (χ0v) is 19.3. The summed E-state index contributed by atoms with van der Waals surface area (Å²) in [4.78, 5) is 19.7. The quantitative estimate of drug-likeness (QED) is 0.425. The van der Waals surface area contributed by atoms with Crippen molar-refractivity contribution in [2.24, 2.45) is 11.7 Å². The molecule has 2 atom stereocenters. The van der Waals surface area contributed by atoms with Crippen molar-refractivity contribution in [3.8, 4) is 0 Å². The van der Waals surface area contributed by atoms with Crippen LogP contribution < -0.4 is 11.1 Å². The molecule has 1 amide bonds. The van der Waals surface area contributed by atoms with E-state index < -0.39 is 54.2 Å². The number of hydrogen-bond donors (Lipinski definition) is 3. The van der Waals surface area contributed by atoms with Crippen LogP contribution in [-0.4, -0.2) is 39.9 Å².